The van der Waals surface area contributed by atoms with Crippen LogP contribution in [0.3, 0.4) is 0 Å². The fourth-order valence-corrected chi connectivity index (χ4v) is 4.54. The Morgan fingerprint density at radius 1 is 1.11 bits per heavy atom. The van der Waals surface area contributed by atoms with Crippen molar-refractivity contribution < 1.29 is 13.7 Å². The standard InChI is InChI=1S/C21H20FN3O2S/c22-15-3-5-16(6-4-15)24-9-11-25(12-10-24)20(26)21(7-8-21)19-14-17(27-23-19)18-2-1-13-28-18/h1-6,13-14H,7-12H2. The number of piperazine rings is 1. The fraction of sp³-hybridized carbons (Fsp3) is 0.333. The summed E-state index contributed by atoms with van der Waals surface area (Å²) in [6.45, 7) is 2.81. The van der Waals surface area contributed by atoms with E-state index in [9.17, 15) is 9.18 Å². The minimum atomic E-state index is -0.517. The van der Waals surface area contributed by atoms with E-state index in [-0.39, 0.29) is 11.7 Å². The number of carbonyl (C=O) groups is 1. The Kier molecular flexibility index (Phi) is 4.19. The maximum absolute atomic E-state index is 13.2. The molecule has 0 bridgehead atoms. The Bertz CT molecular complexity index is 972. The van der Waals surface area contributed by atoms with Crippen LogP contribution >= 0.6 is 11.3 Å². The lowest BCUT2D eigenvalue weighted by atomic mass is 9.99. The van der Waals surface area contributed by atoms with Crippen molar-refractivity contribution in [1.29, 1.82) is 0 Å². The molecule has 3 aromatic rings. The lowest BCUT2D eigenvalue weighted by Gasteiger charge is -2.37. The summed E-state index contributed by atoms with van der Waals surface area (Å²) in [5.41, 5.74) is 1.23. The van der Waals surface area contributed by atoms with Crippen LogP contribution in [-0.2, 0) is 10.2 Å². The Labute approximate surface area is 166 Å². The molecule has 3 heterocycles. The number of aromatic nitrogens is 1. The summed E-state index contributed by atoms with van der Waals surface area (Å²) >= 11 is 1.60. The van der Waals surface area contributed by atoms with Gasteiger partial charge in [0, 0.05) is 37.9 Å². The largest absolute Gasteiger partial charge is 0.368 e. The second kappa shape index (κ2) is 6.74. The van der Waals surface area contributed by atoms with E-state index in [0.29, 0.717) is 13.1 Å². The van der Waals surface area contributed by atoms with Gasteiger partial charge < -0.3 is 14.3 Å². The summed E-state index contributed by atoms with van der Waals surface area (Å²) in [5, 5.41) is 6.23. The van der Waals surface area contributed by atoms with E-state index in [4.69, 9.17) is 4.52 Å². The number of rotatable bonds is 4. The lowest BCUT2D eigenvalue weighted by molar-refractivity contribution is -0.134. The van der Waals surface area contributed by atoms with Crippen molar-refractivity contribution in [3.63, 3.8) is 0 Å². The number of hydrogen-bond donors (Lipinski definition) is 0. The number of anilines is 1. The maximum Gasteiger partial charge on any atom is 0.235 e. The molecule has 28 heavy (non-hydrogen) atoms. The van der Waals surface area contributed by atoms with E-state index >= 15 is 0 Å². The van der Waals surface area contributed by atoms with E-state index in [0.717, 1.165) is 47.9 Å². The van der Waals surface area contributed by atoms with Gasteiger partial charge in [0.15, 0.2) is 5.76 Å². The Morgan fingerprint density at radius 3 is 2.50 bits per heavy atom. The molecule has 5 nitrogen and oxygen atoms in total. The summed E-state index contributed by atoms with van der Waals surface area (Å²) in [5.74, 6) is 0.644. The average molecular weight is 397 g/mol. The monoisotopic (exact) mass is 397 g/mol. The molecule has 2 fully saturated rings. The van der Waals surface area contributed by atoms with Gasteiger partial charge in [-0.25, -0.2) is 4.39 Å². The quantitative estimate of drug-likeness (QED) is 0.670. The van der Waals surface area contributed by atoms with Gasteiger partial charge in [-0.2, -0.15) is 0 Å². The summed E-state index contributed by atoms with van der Waals surface area (Å²) in [6, 6.07) is 12.4. The molecular formula is C21H20FN3O2S. The second-order valence-corrected chi connectivity index (χ2v) is 8.34. The number of carbonyl (C=O) groups excluding carboxylic acids is 1. The molecule has 0 radical (unpaired) electrons. The smallest absolute Gasteiger partial charge is 0.235 e. The molecule has 1 aliphatic heterocycles. The van der Waals surface area contributed by atoms with Gasteiger partial charge in [0.25, 0.3) is 0 Å². The fourth-order valence-electron chi connectivity index (χ4n) is 3.86. The van der Waals surface area contributed by atoms with Gasteiger partial charge in [0.2, 0.25) is 5.91 Å². The van der Waals surface area contributed by atoms with Crippen LogP contribution in [0.5, 0.6) is 0 Å². The van der Waals surface area contributed by atoms with E-state index in [1.165, 1.54) is 12.1 Å². The first-order valence-electron chi connectivity index (χ1n) is 9.47. The zero-order valence-corrected chi connectivity index (χ0v) is 16.1. The molecule has 5 rings (SSSR count). The number of nitrogens with zero attached hydrogens (tertiary/aromatic N) is 3. The molecule has 2 aromatic heterocycles. The molecule has 0 unspecified atom stereocenters. The summed E-state index contributed by atoms with van der Waals surface area (Å²) < 4.78 is 18.6. The number of hydrogen-bond acceptors (Lipinski definition) is 5. The van der Waals surface area contributed by atoms with E-state index in [1.54, 1.807) is 23.5 Å². The summed E-state index contributed by atoms with van der Waals surface area (Å²) in [6.07, 6.45) is 1.64. The highest BCUT2D eigenvalue weighted by Crippen LogP contribution is 2.50. The zero-order valence-electron chi connectivity index (χ0n) is 15.3. The van der Waals surface area contributed by atoms with Crippen molar-refractivity contribution in [3.8, 4) is 10.6 Å². The molecule has 7 heteroatoms. The number of thiophene rings is 1. The Morgan fingerprint density at radius 2 is 1.86 bits per heavy atom. The van der Waals surface area contributed by atoms with Gasteiger partial charge in [-0.15, -0.1) is 11.3 Å². The first kappa shape index (κ1) is 17.4. The van der Waals surface area contributed by atoms with Gasteiger partial charge in [0.1, 0.15) is 5.82 Å². The summed E-state index contributed by atoms with van der Waals surface area (Å²) in [4.78, 5) is 18.4. The molecule has 1 aromatic carbocycles. The minimum Gasteiger partial charge on any atom is -0.368 e. The van der Waals surface area contributed by atoms with Crippen LogP contribution in [0.1, 0.15) is 18.5 Å². The van der Waals surface area contributed by atoms with Crippen molar-refractivity contribution >= 4 is 22.9 Å². The van der Waals surface area contributed by atoms with Crippen molar-refractivity contribution in [2.75, 3.05) is 31.1 Å². The summed E-state index contributed by atoms with van der Waals surface area (Å²) in [7, 11) is 0. The third kappa shape index (κ3) is 2.99. The Hall–Kier alpha value is -2.67. The van der Waals surface area contributed by atoms with E-state index in [1.807, 2.05) is 28.5 Å². The normalized spacial score (nSPS) is 18.3. The van der Waals surface area contributed by atoms with Crippen molar-refractivity contribution in [1.82, 2.24) is 10.1 Å². The predicted octanol–water partition coefficient (Wildman–Crippen LogP) is 3.92. The van der Waals surface area contributed by atoms with Crippen molar-refractivity contribution in [3.05, 3.63) is 59.4 Å². The van der Waals surface area contributed by atoms with Gasteiger partial charge in [-0.1, -0.05) is 11.2 Å². The molecule has 0 atom stereocenters. The Balaban J connectivity index is 1.27. The molecule has 144 valence electrons. The van der Waals surface area contributed by atoms with Crippen LogP contribution in [0.15, 0.2) is 52.4 Å². The third-order valence-corrected chi connectivity index (χ3v) is 6.57. The maximum atomic E-state index is 13.2. The van der Waals surface area contributed by atoms with E-state index < -0.39 is 5.41 Å². The van der Waals surface area contributed by atoms with Gasteiger partial charge in [-0.3, -0.25) is 4.79 Å². The average Bonchev–Trinajstić information content (AvgIpc) is 3.13. The van der Waals surface area contributed by atoms with Gasteiger partial charge >= 0.3 is 0 Å². The van der Waals surface area contributed by atoms with Crippen LogP contribution in [0, 0.1) is 5.82 Å². The highest BCUT2D eigenvalue weighted by atomic mass is 32.1. The highest BCUT2D eigenvalue weighted by Gasteiger charge is 2.55. The first-order chi connectivity index (χ1) is 13.7. The van der Waals surface area contributed by atoms with Gasteiger partial charge in [-0.05, 0) is 48.6 Å². The SMILES string of the molecule is O=C(N1CCN(c2ccc(F)cc2)CC1)C1(c2cc(-c3cccs3)on2)CC1. The topological polar surface area (TPSA) is 49.6 Å². The van der Waals surface area contributed by atoms with Crippen molar-refractivity contribution in [2.45, 2.75) is 18.3 Å². The van der Waals surface area contributed by atoms with Crippen LogP contribution in [0.4, 0.5) is 10.1 Å². The highest BCUT2D eigenvalue weighted by molar-refractivity contribution is 7.13. The second-order valence-electron chi connectivity index (χ2n) is 7.39. The molecule has 0 N–H and O–H groups in total. The molecule has 1 aliphatic carbocycles. The van der Waals surface area contributed by atoms with Gasteiger partial charge in [0.05, 0.1) is 16.0 Å². The number of benzene rings is 1. The number of amides is 1. The van der Waals surface area contributed by atoms with Crippen LogP contribution in [0.25, 0.3) is 10.6 Å². The number of halogens is 1. The molecule has 1 saturated carbocycles. The van der Waals surface area contributed by atoms with E-state index in [2.05, 4.69) is 10.1 Å². The molecule has 0 spiro atoms. The van der Waals surface area contributed by atoms with Crippen LogP contribution < -0.4 is 4.90 Å². The van der Waals surface area contributed by atoms with Crippen LogP contribution in [0.2, 0.25) is 0 Å². The van der Waals surface area contributed by atoms with Crippen molar-refractivity contribution in [2.24, 2.45) is 0 Å². The lowest BCUT2D eigenvalue weighted by Crippen LogP contribution is -2.51. The first-order valence-corrected chi connectivity index (χ1v) is 10.3. The molecule has 2 aliphatic rings. The zero-order chi connectivity index (χ0) is 19.1. The molecular weight excluding hydrogens is 377 g/mol. The third-order valence-electron chi connectivity index (χ3n) is 5.68. The predicted molar refractivity (Wildman–Crippen MR) is 106 cm³/mol. The minimum absolute atomic E-state index is 0.150. The molecule has 1 amide bonds. The van der Waals surface area contributed by atoms with Crippen LogP contribution in [-0.4, -0.2) is 42.1 Å². The molecule has 1 saturated heterocycles.